The van der Waals surface area contributed by atoms with Crippen molar-refractivity contribution in [2.75, 3.05) is 13.7 Å². The summed E-state index contributed by atoms with van der Waals surface area (Å²) in [5.41, 5.74) is 1.07. The Hall–Kier alpha value is -0.920. The Morgan fingerprint density at radius 3 is 2.93 bits per heavy atom. The largest absolute Gasteiger partial charge is 0.384 e. The number of nitriles is 1. The zero-order chi connectivity index (χ0) is 10.4. The molecule has 0 bridgehead atoms. The molecule has 14 heavy (non-hydrogen) atoms. The van der Waals surface area contributed by atoms with E-state index >= 15 is 0 Å². The molecule has 0 saturated carbocycles. The molecule has 0 radical (unpaired) electrons. The molecule has 0 fully saturated rings. The summed E-state index contributed by atoms with van der Waals surface area (Å²) in [7, 11) is 1.69. The normalized spacial score (nSPS) is 10.1. The zero-order valence-electron chi connectivity index (χ0n) is 8.54. The maximum absolute atomic E-state index is 8.63. The molecule has 0 spiro atoms. The van der Waals surface area contributed by atoms with E-state index in [1.165, 1.54) is 0 Å². The number of thiazole rings is 1. The van der Waals surface area contributed by atoms with Gasteiger partial charge in [0.2, 0.25) is 0 Å². The van der Waals surface area contributed by atoms with Gasteiger partial charge in [0.25, 0.3) is 0 Å². The van der Waals surface area contributed by atoms with Crippen molar-refractivity contribution in [2.24, 2.45) is 0 Å². The SMILES string of the molecule is CCc1nc(CCOC)sc1CC#N. The number of ether oxygens (including phenoxy) is 1. The second-order valence-electron chi connectivity index (χ2n) is 2.91. The molecule has 0 amide bonds. The van der Waals surface area contributed by atoms with E-state index in [4.69, 9.17) is 10.00 Å². The van der Waals surface area contributed by atoms with Crippen molar-refractivity contribution >= 4 is 11.3 Å². The minimum atomic E-state index is 0.480. The van der Waals surface area contributed by atoms with Crippen LogP contribution in [0.5, 0.6) is 0 Å². The molecule has 1 heterocycles. The van der Waals surface area contributed by atoms with Crippen LogP contribution in [-0.2, 0) is 24.0 Å². The van der Waals surface area contributed by atoms with Gasteiger partial charge in [-0.25, -0.2) is 4.98 Å². The predicted molar refractivity (Wildman–Crippen MR) is 56.4 cm³/mol. The molecular weight excluding hydrogens is 196 g/mol. The first-order chi connectivity index (χ1) is 6.81. The Kier molecular flexibility index (Phi) is 4.57. The quantitative estimate of drug-likeness (QED) is 0.746. The third-order valence-corrected chi connectivity index (χ3v) is 3.07. The van der Waals surface area contributed by atoms with Crippen molar-refractivity contribution in [1.29, 1.82) is 5.26 Å². The fraction of sp³-hybridized carbons (Fsp3) is 0.600. The lowest BCUT2D eigenvalue weighted by atomic mass is 10.2. The average molecular weight is 210 g/mol. The molecule has 0 saturated heterocycles. The van der Waals surface area contributed by atoms with Crippen molar-refractivity contribution in [3.8, 4) is 6.07 Å². The Balaban J connectivity index is 2.73. The molecule has 0 unspecified atom stereocenters. The van der Waals surface area contributed by atoms with E-state index in [1.54, 1.807) is 18.4 Å². The predicted octanol–water partition coefficient (Wildman–Crippen LogP) is 1.96. The number of aromatic nitrogens is 1. The molecule has 0 aliphatic heterocycles. The molecule has 4 heteroatoms. The van der Waals surface area contributed by atoms with Crippen molar-refractivity contribution in [3.63, 3.8) is 0 Å². The number of aryl methyl sites for hydroxylation is 1. The van der Waals surface area contributed by atoms with Gasteiger partial charge in [0.1, 0.15) is 0 Å². The first-order valence-corrected chi connectivity index (χ1v) is 5.46. The van der Waals surface area contributed by atoms with Gasteiger partial charge in [-0.2, -0.15) is 5.26 Å². The van der Waals surface area contributed by atoms with Crippen LogP contribution in [0.3, 0.4) is 0 Å². The van der Waals surface area contributed by atoms with Crippen LogP contribution in [0.25, 0.3) is 0 Å². The van der Waals surface area contributed by atoms with Gasteiger partial charge in [-0.3, -0.25) is 0 Å². The summed E-state index contributed by atoms with van der Waals surface area (Å²) in [6, 6.07) is 2.17. The first-order valence-electron chi connectivity index (χ1n) is 4.65. The summed E-state index contributed by atoms with van der Waals surface area (Å²) in [4.78, 5) is 5.58. The fourth-order valence-electron chi connectivity index (χ4n) is 1.22. The fourth-order valence-corrected chi connectivity index (χ4v) is 2.29. The van der Waals surface area contributed by atoms with Gasteiger partial charge in [-0.1, -0.05) is 6.92 Å². The number of nitrogens with zero attached hydrogens (tertiary/aromatic N) is 2. The van der Waals surface area contributed by atoms with Gasteiger partial charge in [0.15, 0.2) is 0 Å². The van der Waals surface area contributed by atoms with E-state index in [1.807, 2.05) is 0 Å². The molecule has 0 aromatic carbocycles. The summed E-state index contributed by atoms with van der Waals surface area (Å²) >= 11 is 1.63. The maximum atomic E-state index is 8.63. The number of hydrogen-bond donors (Lipinski definition) is 0. The summed E-state index contributed by atoms with van der Waals surface area (Å²) in [5.74, 6) is 0. The second-order valence-corrected chi connectivity index (χ2v) is 4.08. The van der Waals surface area contributed by atoms with Gasteiger partial charge in [-0.15, -0.1) is 11.3 Å². The van der Waals surface area contributed by atoms with E-state index < -0.39 is 0 Å². The van der Waals surface area contributed by atoms with Crippen LogP contribution in [0.1, 0.15) is 22.5 Å². The number of methoxy groups -OCH3 is 1. The lowest BCUT2D eigenvalue weighted by Crippen LogP contribution is -1.94. The highest BCUT2D eigenvalue weighted by atomic mass is 32.1. The molecule has 0 aliphatic carbocycles. The highest BCUT2D eigenvalue weighted by Crippen LogP contribution is 2.20. The van der Waals surface area contributed by atoms with Crippen LogP contribution in [0, 0.1) is 11.3 Å². The Bertz CT molecular complexity index is 327. The molecule has 1 aromatic heterocycles. The van der Waals surface area contributed by atoms with Crippen molar-refractivity contribution in [1.82, 2.24) is 4.98 Å². The number of rotatable bonds is 5. The van der Waals surface area contributed by atoms with Crippen LogP contribution in [0.2, 0.25) is 0 Å². The maximum Gasteiger partial charge on any atom is 0.0954 e. The van der Waals surface area contributed by atoms with E-state index in [0.29, 0.717) is 13.0 Å². The molecule has 76 valence electrons. The third kappa shape index (κ3) is 2.79. The van der Waals surface area contributed by atoms with Crippen LogP contribution < -0.4 is 0 Å². The third-order valence-electron chi connectivity index (χ3n) is 1.92. The van der Waals surface area contributed by atoms with Crippen molar-refractivity contribution < 1.29 is 4.74 Å². The van der Waals surface area contributed by atoms with Crippen LogP contribution in [0.4, 0.5) is 0 Å². The molecule has 0 N–H and O–H groups in total. The number of hydrogen-bond acceptors (Lipinski definition) is 4. The van der Waals surface area contributed by atoms with Gasteiger partial charge < -0.3 is 4.74 Å². The smallest absolute Gasteiger partial charge is 0.0954 e. The van der Waals surface area contributed by atoms with E-state index in [2.05, 4.69) is 18.0 Å². The van der Waals surface area contributed by atoms with Crippen LogP contribution in [-0.4, -0.2) is 18.7 Å². The van der Waals surface area contributed by atoms with Gasteiger partial charge in [0.05, 0.1) is 29.8 Å². The lowest BCUT2D eigenvalue weighted by Gasteiger charge is -1.92. The van der Waals surface area contributed by atoms with Gasteiger partial charge in [-0.05, 0) is 6.42 Å². The molecular formula is C10H14N2OS. The van der Waals surface area contributed by atoms with Crippen LogP contribution in [0.15, 0.2) is 0 Å². The van der Waals surface area contributed by atoms with E-state index in [9.17, 15) is 0 Å². The highest BCUT2D eigenvalue weighted by molar-refractivity contribution is 7.11. The lowest BCUT2D eigenvalue weighted by molar-refractivity contribution is 0.202. The summed E-state index contributed by atoms with van der Waals surface area (Å²) in [6.45, 7) is 2.76. The monoisotopic (exact) mass is 210 g/mol. The summed E-state index contributed by atoms with van der Waals surface area (Å²) in [6.07, 6.45) is 2.23. The standard InChI is InChI=1S/C10H14N2OS/c1-3-8-9(4-6-11)14-10(12-8)5-7-13-2/h3-5,7H2,1-2H3. The minimum Gasteiger partial charge on any atom is -0.384 e. The van der Waals surface area contributed by atoms with Crippen LogP contribution >= 0.6 is 11.3 Å². The molecule has 1 aromatic rings. The summed E-state index contributed by atoms with van der Waals surface area (Å²) < 4.78 is 4.99. The van der Waals surface area contributed by atoms with E-state index in [-0.39, 0.29) is 0 Å². The molecule has 1 rings (SSSR count). The summed E-state index contributed by atoms with van der Waals surface area (Å²) in [5, 5.41) is 9.71. The Labute approximate surface area is 88.4 Å². The minimum absolute atomic E-state index is 0.480. The Morgan fingerprint density at radius 1 is 1.57 bits per heavy atom. The topological polar surface area (TPSA) is 45.9 Å². The second kappa shape index (κ2) is 5.74. The average Bonchev–Trinajstić information content (AvgIpc) is 2.58. The molecule has 0 aliphatic rings. The van der Waals surface area contributed by atoms with Gasteiger partial charge in [0, 0.05) is 18.4 Å². The zero-order valence-corrected chi connectivity index (χ0v) is 9.36. The van der Waals surface area contributed by atoms with Crippen molar-refractivity contribution in [2.45, 2.75) is 26.2 Å². The van der Waals surface area contributed by atoms with Crippen molar-refractivity contribution in [3.05, 3.63) is 15.6 Å². The van der Waals surface area contributed by atoms with E-state index in [0.717, 1.165) is 28.4 Å². The Morgan fingerprint density at radius 2 is 2.36 bits per heavy atom. The first kappa shape index (κ1) is 11.2. The van der Waals surface area contributed by atoms with Gasteiger partial charge >= 0.3 is 0 Å². The molecule has 0 atom stereocenters. The molecule has 3 nitrogen and oxygen atoms in total. The highest BCUT2D eigenvalue weighted by Gasteiger charge is 2.08.